The molecule has 3 heterocycles. The maximum atomic E-state index is 11.6. The molecule has 2 aromatic carbocycles. The summed E-state index contributed by atoms with van der Waals surface area (Å²) in [6.07, 6.45) is 1.68. The van der Waals surface area contributed by atoms with Gasteiger partial charge in [0.1, 0.15) is 23.3 Å². The van der Waals surface area contributed by atoms with Crippen LogP contribution in [0.5, 0.6) is 5.75 Å². The van der Waals surface area contributed by atoms with Crippen molar-refractivity contribution in [2.45, 2.75) is 12.1 Å². The number of aromatic carboxylic acids is 2. The second kappa shape index (κ2) is 9.16. The van der Waals surface area contributed by atoms with Crippen LogP contribution in [-0.2, 0) is 0 Å². The van der Waals surface area contributed by atoms with E-state index in [9.17, 15) is 24.9 Å². The molecule has 0 radical (unpaired) electrons. The smallest absolute Gasteiger partial charge is 0.335 e. The fourth-order valence-electron chi connectivity index (χ4n) is 4.22. The third-order valence-electron chi connectivity index (χ3n) is 5.86. The second-order valence-electron chi connectivity index (χ2n) is 8.12. The van der Waals surface area contributed by atoms with Crippen LogP contribution in [0.25, 0.3) is 11.3 Å². The van der Waals surface area contributed by atoms with E-state index in [1.165, 1.54) is 12.1 Å². The summed E-state index contributed by atoms with van der Waals surface area (Å²) in [5.41, 5.74) is 1.43. The van der Waals surface area contributed by atoms with E-state index < -0.39 is 18.0 Å². The van der Waals surface area contributed by atoms with Gasteiger partial charge in [-0.1, -0.05) is 6.07 Å². The molecule has 0 aliphatic carbocycles. The summed E-state index contributed by atoms with van der Waals surface area (Å²) in [5.74, 6) is -1.57. The number of pyridine rings is 1. The van der Waals surface area contributed by atoms with Crippen LogP contribution in [0.4, 0.5) is 5.69 Å². The zero-order valence-corrected chi connectivity index (χ0v) is 19.3. The Hall–Kier alpha value is -4.70. The molecule has 9 nitrogen and oxygen atoms in total. The van der Waals surface area contributed by atoms with E-state index in [4.69, 9.17) is 16.6 Å². The normalized spacial score (nSPS) is 17.1. The third kappa shape index (κ3) is 4.25. The van der Waals surface area contributed by atoms with Crippen molar-refractivity contribution in [3.05, 3.63) is 102 Å². The van der Waals surface area contributed by atoms with Crippen molar-refractivity contribution >= 4 is 35.0 Å². The average molecular weight is 502 g/mol. The Morgan fingerprint density at radius 1 is 0.944 bits per heavy atom. The van der Waals surface area contributed by atoms with E-state index in [0.29, 0.717) is 27.9 Å². The Kier molecular flexibility index (Phi) is 5.87. The van der Waals surface area contributed by atoms with Gasteiger partial charge in [-0.25, -0.2) is 9.59 Å². The number of thiocarbonyl (C=S) groups is 1. The molecular weight excluding hydrogens is 482 g/mol. The predicted octanol–water partition coefficient (Wildman–Crippen LogP) is 4.62. The van der Waals surface area contributed by atoms with Gasteiger partial charge in [-0.2, -0.15) is 0 Å². The van der Waals surface area contributed by atoms with Gasteiger partial charge in [0.15, 0.2) is 5.11 Å². The fourth-order valence-corrected chi connectivity index (χ4v) is 4.56. The summed E-state index contributed by atoms with van der Waals surface area (Å²) in [6.45, 7) is 0. The Labute approximate surface area is 210 Å². The van der Waals surface area contributed by atoms with Crippen molar-refractivity contribution in [2.75, 3.05) is 4.90 Å². The monoisotopic (exact) mass is 501 g/mol. The summed E-state index contributed by atoms with van der Waals surface area (Å²) >= 11 is 5.65. The SMILES string of the molecule is O=C(O)c1cc(C(=O)O)cc(-c2ccc(C3C(c4ccccn4)NC(=S)N3c3ccc(O)cc3)o2)c1. The maximum Gasteiger partial charge on any atom is 0.335 e. The molecule has 0 spiro atoms. The molecule has 1 aliphatic rings. The molecule has 4 N–H and O–H groups in total. The zero-order valence-electron chi connectivity index (χ0n) is 18.5. The highest BCUT2D eigenvalue weighted by Gasteiger charge is 2.42. The lowest BCUT2D eigenvalue weighted by Gasteiger charge is -2.26. The summed E-state index contributed by atoms with van der Waals surface area (Å²) in [6, 6.07) is 18.5. The van der Waals surface area contributed by atoms with Crippen molar-refractivity contribution in [3.8, 4) is 17.1 Å². The number of nitrogens with zero attached hydrogens (tertiary/aromatic N) is 2. The number of rotatable bonds is 6. The van der Waals surface area contributed by atoms with E-state index in [0.717, 1.165) is 11.8 Å². The van der Waals surface area contributed by atoms with Crippen molar-refractivity contribution in [2.24, 2.45) is 0 Å². The Bertz CT molecular complexity index is 1440. The van der Waals surface area contributed by atoms with Crippen LogP contribution in [0, 0.1) is 0 Å². The lowest BCUT2D eigenvalue weighted by Crippen LogP contribution is -2.29. The average Bonchev–Trinajstić information content (AvgIpc) is 3.49. The van der Waals surface area contributed by atoms with Crippen LogP contribution in [0.3, 0.4) is 0 Å². The highest BCUT2D eigenvalue weighted by molar-refractivity contribution is 7.80. The molecule has 0 amide bonds. The standard InChI is InChI=1S/C26H19N3O6S/c30-18-6-4-17(5-7-18)29-23(22(28-26(29)36)19-3-1-2-10-27-19)21-9-8-20(35-21)14-11-15(24(31)32)13-16(12-14)25(33)34/h1-13,22-23,30H,(H,28,36)(H,31,32)(H,33,34). The number of aromatic nitrogens is 1. The number of furan rings is 1. The summed E-state index contributed by atoms with van der Waals surface area (Å²) in [4.78, 5) is 29.4. The largest absolute Gasteiger partial charge is 0.508 e. The molecule has 4 aromatic rings. The molecule has 0 bridgehead atoms. The minimum atomic E-state index is -1.25. The molecular formula is C26H19N3O6S. The van der Waals surface area contributed by atoms with E-state index in [-0.39, 0.29) is 22.9 Å². The summed E-state index contributed by atoms with van der Waals surface area (Å²) in [7, 11) is 0. The van der Waals surface area contributed by atoms with Gasteiger partial charge in [-0.15, -0.1) is 0 Å². The van der Waals surface area contributed by atoms with Crippen molar-refractivity contribution in [3.63, 3.8) is 0 Å². The number of carboxylic acid groups (broad SMARTS) is 2. The number of phenolic OH excluding ortho intramolecular Hbond substituents is 1. The number of carboxylic acids is 2. The van der Waals surface area contributed by atoms with Gasteiger partial charge in [0, 0.05) is 17.4 Å². The molecule has 36 heavy (non-hydrogen) atoms. The Balaban J connectivity index is 1.61. The van der Waals surface area contributed by atoms with Crippen LogP contribution in [-0.4, -0.2) is 37.4 Å². The first-order valence-corrected chi connectivity index (χ1v) is 11.2. The van der Waals surface area contributed by atoms with Gasteiger partial charge < -0.3 is 30.0 Å². The molecule has 2 unspecified atom stereocenters. The highest BCUT2D eigenvalue weighted by Crippen LogP contribution is 2.43. The van der Waals surface area contributed by atoms with Crippen LogP contribution in [0.1, 0.15) is 44.3 Å². The molecule has 2 aromatic heterocycles. The number of hydrogen-bond donors (Lipinski definition) is 4. The van der Waals surface area contributed by atoms with E-state index >= 15 is 0 Å². The fraction of sp³-hybridized carbons (Fsp3) is 0.0769. The lowest BCUT2D eigenvalue weighted by molar-refractivity contribution is 0.0696. The van der Waals surface area contributed by atoms with Crippen molar-refractivity contribution < 1.29 is 29.3 Å². The lowest BCUT2D eigenvalue weighted by atomic mass is 10.0. The zero-order chi connectivity index (χ0) is 25.4. The van der Waals surface area contributed by atoms with Gasteiger partial charge in [-0.05, 0) is 78.9 Å². The van der Waals surface area contributed by atoms with E-state index in [2.05, 4.69) is 10.3 Å². The number of carbonyl (C=O) groups is 2. The summed E-state index contributed by atoms with van der Waals surface area (Å²) < 4.78 is 6.19. The van der Waals surface area contributed by atoms with Gasteiger partial charge in [0.05, 0.1) is 22.9 Å². The molecule has 5 rings (SSSR count). The first kappa shape index (κ1) is 23.1. The molecule has 1 saturated heterocycles. The van der Waals surface area contributed by atoms with Gasteiger partial charge in [-0.3, -0.25) is 4.98 Å². The first-order valence-electron chi connectivity index (χ1n) is 10.8. The second-order valence-corrected chi connectivity index (χ2v) is 8.51. The van der Waals surface area contributed by atoms with E-state index in [1.54, 1.807) is 42.6 Å². The van der Waals surface area contributed by atoms with Gasteiger partial charge >= 0.3 is 11.9 Å². The van der Waals surface area contributed by atoms with Gasteiger partial charge in [0.2, 0.25) is 0 Å². The number of phenols is 1. The molecule has 0 saturated carbocycles. The Morgan fingerprint density at radius 2 is 1.64 bits per heavy atom. The first-order chi connectivity index (χ1) is 17.3. The number of anilines is 1. The van der Waals surface area contributed by atoms with Gasteiger partial charge in [0.25, 0.3) is 0 Å². The third-order valence-corrected chi connectivity index (χ3v) is 6.17. The molecule has 1 fully saturated rings. The maximum absolute atomic E-state index is 11.6. The molecule has 180 valence electrons. The van der Waals surface area contributed by atoms with Crippen LogP contribution < -0.4 is 10.2 Å². The van der Waals surface area contributed by atoms with Crippen LogP contribution in [0.15, 0.2) is 83.4 Å². The molecule has 2 atom stereocenters. The number of benzene rings is 2. The van der Waals surface area contributed by atoms with E-state index in [1.807, 2.05) is 23.1 Å². The van der Waals surface area contributed by atoms with Crippen molar-refractivity contribution in [1.29, 1.82) is 0 Å². The number of hydrogen-bond acceptors (Lipinski definition) is 6. The quantitative estimate of drug-likeness (QED) is 0.277. The molecule has 1 aliphatic heterocycles. The number of nitrogens with one attached hydrogen (secondary N) is 1. The van der Waals surface area contributed by atoms with Crippen molar-refractivity contribution in [1.82, 2.24) is 10.3 Å². The number of aromatic hydroxyl groups is 1. The molecule has 10 heteroatoms. The summed E-state index contributed by atoms with van der Waals surface area (Å²) in [5, 5.41) is 32.3. The van der Waals surface area contributed by atoms with Crippen LogP contribution in [0.2, 0.25) is 0 Å². The minimum absolute atomic E-state index is 0.113. The topological polar surface area (TPSA) is 136 Å². The minimum Gasteiger partial charge on any atom is -0.508 e. The predicted molar refractivity (Wildman–Crippen MR) is 134 cm³/mol. The van der Waals surface area contributed by atoms with Crippen LogP contribution >= 0.6 is 12.2 Å². The highest BCUT2D eigenvalue weighted by atomic mass is 32.1. The Morgan fingerprint density at radius 3 is 2.25 bits per heavy atom.